The van der Waals surface area contributed by atoms with Crippen LogP contribution < -0.4 is 5.32 Å². The van der Waals surface area contributed by atoms with Gasteiger partial charge in [0, 0.05) is 22.2 Å². The van der Waals surface area contributed by atoms with Crippen molar-refractivity contribution in [1.82, 2.24) is 4.98 Å². The van der Waals surface area contributed by atoms with Crippen LogP contribution in [0.15, 0.2) is 34.4 Å². The number of carbonyl (C=O) groups is 2. The Morgan fingerprint density at radius 1 is 1.28 bits per heavy atom. The Labute approximate surface area is 115 Å². The molecule has 0 saturated heterocycles. The monoisotopic (exact) mass is 326 g/mol. The molecule has 0 radical (unpaired) electrons. The summed E-state index contributed by atoms with van der Waals surface area (Å²) in [5.74, 6) is -1.50. The summed E-state index contributed by atoms with van der Waals surface area (Å²) in [4.78, 5) is 26.3. The molecule has 2 aromatic heterocycles. The third-order valence-corrected chi connectivity index (χ3v) is 3.66. The van der Waals surface area contributed by atoms with Crippen molar-refractivity contribution in [3.8, 4) is 0 Å². The van der Waals surface area contributed by atoms with Crippen LogP contribution >= 0.6 is 27.3 Å². The molecule has 0 aliphatic rings. The van der Waals surface area contributed by atoms with E-state index in [4.69, 9.17) is 5.11 Å². The summed E-state index contributed by atoms with van der Waals surface area (Å²) in [7, 11) is 0. The molecule has 0 aromatic carbocycles. The number of halogens is 1. The summed E-state index contributed by atoms with van der Waals surface area (Å²) in [6, 6.07) is 3.05. The van der Waals surface area contributed by atoms with Crippen molar-refractivity contribution in [3.05, 3.63) is 45.5 Å². The van der Waals surface area contributed by atoms with E-state index < -0.39 is 5.97 Å². The van der Waals surface area contributed by atoms with Crippen molar-refractivity contribution in [2.24, 2.45) is 0 Å². The zero-order valence-corrected chi connectivity index (χ0v) is 11.3. The number of aromatic nitrogens is 1. The Morgan fingerprint density at radius 3 is 2.61 bits per heavy atom. The van der Waals surface area contributed by atoms with Gasteiger partial charge < -0.3 is 10.4 Å². The zero-order valence-electron chi connectivity index (χ0n) is 8.88. The third kappa shape index (κ3) is 2.93. The maximum Gasteiger partial charge on any atom is 0.337 e. The van der Waals surface area contributed by atoms with Gasteiger partial charge >= 0.3 is 5.97 Å². The number of carboxylic acids is 1. The van der Waals surface area contributed by atoms with Crippen molar-refractivity contribution in [2.75, 3.05) is 5.32 Å². The summed E-state index contributed by atoms with van der Waals surface area (Å²) < 4.78 is 0.875. The Morgan fingerprint density at radius 2 is 2.00 bits per heavy atom. The van der Waals surface area contributed by atoms with Gasteiger partial charge in [0.25, 0.3) is 5.91 Å². The minimum absolute atomic E-state index is 0.0185. The average molecular weight is 327 g/mol. The summed E-state index contributed by atoms with van der Waals surface area (Å²) in [5.41, 5.74) is 0.189. The number of anilines is 1. The molecule has 2 heterocycles. The molecule has 0 saturated carbocycles. The van der Waals surface area contributed by atoms with E-state index in [9.17, 15) is 9.59 Å². The summed E-state index contributed by atoms with van der Waals surface area (Å²) in [6.07, 6.45) is 2.52. The molecule has 92 valence electrons. The molecule has 2 rings (SSSR count). The number of carboxylic acid groups (broad SMARTS) is 1. The first-order valence-electron chi connectivity index (χ1n) is 4.80. The lowest BCUT2D eigenvalue weighted by atomic mass is 10.2. The molecule has 2 N–H and O–H groups in total. The van der Waals surface area contributed by atoms with E-state index in [0.717, 1.165) is 4.47 Å². The normalized spacial score (nSPS) is 10.1. The minimum atomic E-state index is -1.11. The Balaban J connectivity index is 2.18. The number of hydrogen-bond acceptors (Lipinski definition) is 4. The first kappa shape index (κ1) is 12.7. The van der Waals surface area contributed by atoms with Crippen LogP contribution in [0, 0.1) is 0 Å². The van der Waals surface area contributed by atoms with Crippen LogP contribution in [0.4, 0.5) is 5.00 Å². The lowest BCUT2D eigenvalue weighted by molar-refractivity contribution is 0.0696. The van der Waals surface area contributed by atoms with Gasteiger partial charge in [0.2, 0.25) is 0 Å². The molecule has 0 fully saturated rings. The number of nitrogens with one attached hydrogen (secondary N) is 1. The number of amides is 1. The van der Waals surface area contributed by atoms with Gasteiger partial charge in [0.05, 0.1) is 16.1 Å². The molecule has 0 aliphatic carbocycles. The first-order valence-corrected chi connectivity index (χ1v) is 6.47. The topological polar surface area (TPSA) is 79.3 Å². The second-order valence-corrected chi connectivity index (χ2v) is 5.18. The van der Waals surface area contributed by atoms with Crippen LogP contribution in [0.1, 0.15) is 20.7 Å². The highest BCUT2D eigenvalue weighted by atomic mass is 79.9. The van der Waals surface area contributed by atoms with E-state index in [1.165, 1.54) is 29.8 Å². The average Bonchev–Trinajstić information content (AvgIpc) is 2.75. The number of hydrogen-bond donors (Lipinski definition) is 2. The fourth-order valence-electron chi connectivity index (χ4n) is 1.24. The highest BCUT2D eigenvalue weighted by Gasteiger charge is 2.11. The second-order valence-electron chi connectivity index (χ2n) is 3.35. The molecule has 0 spiro atoms. The van der Waals surface area contributed by atoms with E-state index in [1.54, 1.807) is 6.07 Å². The number of carbonyl (C=O) groups excluding carboxylic acids is 1. The predicted molar refractivity (Wildman–Crippen MR) is 71.2 cm³/mol. The van der Waals surface area contributed by atoms with E-state index in [-0.39, 0.29) is 17.0 Å². The van der Waals surface area contributed by atoms with Crippen LogP contribution in [-0.4, -0.2) is 22.0 Å². The smallest absolute Gasteiger partial charge is 0.337 e. The minimum Gasteiger partial charge on any atom is -0.478 e. The van der Waals surface area contributed by atoms with E-state index in [0.29, 0.717) is 5.00 Å². The lowest BCUT2D eigenvalue weighted by Gasteiger charge is -2.02. The maximum absolute atomic E-state index is 11.8. The van der Waals surface area contributed by atoms with Gasteiger partial charge in [-0.25, -0.2) is 4.79 Å². The van der Waals surface area contributed by atoms with Crippen LogP contribution in [0.5, 0.6) is 0 Å². The molecule has 0 unspecified atom stereocenters. The van der Waals surface area contributed by atoms with Crippen molar-refractivity contribution in [3.63, 3.8) is 0 Å². The lowest BCUT2D eigenvalue weighted by Crippen LogP contribution is -2.12. The fraction of sp³-hybridized carbons (Fsp3) is 0. The molecule has 2 aromatic rings. The first-order chi connectivity index (χ1) is 8.56. The van der Waals surface area contributed by atoms with Crippen molar-refractivity contribution < 1.29 is 14.7 Å². The van der Waals surface area contributed by atoms with Crippen molar-refractivity contribution in [1.29, 1.82) is 0 Å². The van der Waals surface area contributed by atoms with Gasteiger partial charge in [-0.15, -0.1) is 11.3 Å². The fourth-order valence-corrected chi connectivity index (χ4v) is 2.56. The summed E-state index contributed by atoms with van der Waals surface area (Å²) in [5, 5.41) is 14.0. The van der Waals surface area contributed by atoms with Gasteiger partial charge in [-0.3, -0.25) is 9.78 Å². The van der Waals surface area contributed by atoms with Crippen LogP contribution in [0.3, 0.4) is 0 Å². The molecule has 0 bridgehead atoms. The zero-order chi connectivity index (χ0) is 13.1. The van der Waals surface area contributed by atoms with Gasteiger partial charge in [0.1, 0.15) is 0 Å². The molecule has 0 aliphatic heterocycles. The van der Waals surface area contributed by atoms with Gasteiger partial charge in [-0.1, -0.05) is 0 Å². The Bertz CT molecular complexity index is 612. The Hall–Kier alpha value is -1.73. The van der Waals surface area contributed by atoms with Crippen LogP contribution in [-0.2, 0) is 0 Å². The van der Waals surface area contributed by atoms with Crippen molar-refractivity contribution in [2.45, 2.75) is 0 Å². The van der Waals surface area contributed by atoms with Crippen molar-refractivity contribution >= 4 is 44.1 Å². The molecular formula is C11H7BrN2O3S. The second kappa shape index (κ2) is 5.28. The van der Waals surface area contributed by atoms with Crippen LogP contribution in [0.2, 0.25) is 0 Å². The summed E-state index contributed by atoms with van der Waals surface area (Å²) in [6.45, 7) is 0. The molecule has 0 atom stereocenters. The number of nitrogens with zero attached hydrogens (tertiary/aromatic N) is 1. The van der Waals surface area contributed by atoms with Gasteiger partial charge in [0.15, 0.2) is 0 Å². The van der Waals surface area contributed by atoms with Gasteiger partial charge in [-0.2, -0.15) is 0 Å². The summed E-state index contributed by atoms with van der Waals surface area (Å²) >= 11 is 4.65. The number of aromatic carboxylic acids is 1. The van der Waals surface area contributed by atoms with E-state index in [1.807, 2.05) is 5.38 Å². The highest BCUT2D eigenvalue weighted by Crippen LogP contribution is 2.24. The molecule has 7 heteroatoms. The standard InChI is InChI=1S/C11H7BrN2O3S/c12-8-2-9(18-5-8)14-10(15)6-1-7(11(16)17)4-13-3-6/h1-5H,(H,14,15)(H,16,17). The largest absolute Gasteiger partial charge is 0.478 e. The maximum atomic E-state index is 11.8. The highest BCUT2D eigenvalue weighted by molar-refractivity contribution is 9.10. The van der Waals surface area contributed by atoms with Crippen LogP contribution in [0.25, 0.3) is 0 Å². The molecule has 18 heavy (non-hydrogen) atoms. The van der Waals surface area contributed by atoms with E-state index >= 15 is 0 Å². The number of pyridine rings is 1. The quantitative estimate of drug-likeness (QED) is 0.908. The molecular weight excluding hydrogens is 320 g/mol. The molecule has 5 nitrogen and oxygen atoms in total. The number of thiophene rings is 1. The molecule has 1 amide bonds. The Kier molecular flexibility index (Phi) is 3.73. The van der Waals surface area contributed by atoms with E-state index in [2.05, 4.69) is 26.2 Å². The predicted octanol–water partition coefficient (Wildman–Crippen LogP) is 2.86. The SMILES string of the molecule is O=C(O)c1cncc(C(=O)Nc2cc(Br)cs2)c1. The third-order valence-electron chi connectivity index (χ3n) is 2.05. The van der Waals surface area contributed by atoms with Gasteiger partial charge in [-0.05, 0) is 28.1 Å². The number of rotatable bonds is 3.